The molecule has 1 aromatic carbocycles. The molecule has 18 heavy (non-hydrogen) atoms. The molecule has 0 bridgehead atoms. The molecule has 0 amide bonds. The van der Waals surface area contributed by atoms with Gasteiger partial charge in [0.25, 0.3) is 0 Å². The molecule has 0 radical (unpaired) electrons. The fraction of sp³-hybridized carbons (Fsp3) is 0.571. The zero-order chi connectivity index (χ0) is 13.1. The third-order valence-corrected chi connectivity index (χ3v) is 3.74. The standard InChI is InChI=1S/C14H21ClN2O/c1-3-13-9-18-10(2)8-17(13)14-5-4-12(15)6-11(14)7-16/h4-6,10,13H,3,7-9,16H2,1-2H3. The number of benzene rings is 1. The number of hydrogen-bond acceptors (Lipinski definition) is 3. The van der Waals surface area contributed by atoms with Crippen LogP contribution in [0.3, 0.4) is 0 Å². The van der Waals surface area contributed by atoms with Crippen molar-refractivity contribution < 1.29 is 4.74 Å². The van der Waals surface area contributed by atoms with Crippen molar-refractivity contribution in [3.05, 3.63) is 28.8 Å². The number of halogens is 1. The fourth-order valence-electron chi connectivity index (χ4n) is 2.48. The van der Waals surface area contributed by atoms with Crippen molar-refractivity contribution in [1.29, 1.82) is 0 Å². The first-order valence-electron chi connectivity index (χ1n) is 6.52. The lowest BCUT2D eigenvalue weighted by molar-refractivity contribution is 0.0299. The van der Waals surface area contributed by atoms with Gasteiger partial charge in [0, 0.05) is 23.8 Å². The molecule has 0 spiro atoms. The van der Waals surface area contributed by atoms with Gasteiger partial charge in [-0.05, 0) is 37.1 Å². The quantitative estimate of drug-likeness (QED) is 0.916. The molecule has 2 N–H and O–H groups in total. The highest BCUT2D eigenvalue weighted by atomic mass is 35.5. The average molecular weight is 269 g/mol. The van der Waals surface area contributed by atoms with Crippen LogP contribution < -0.4 is 10.6 Å². The lowest BCUT2D eigenvalue weighted by Gasteiger charge is -2.40. The first kappa shape index (κ1) is 13.7. The van der Waals surface area contributed by atoms with Crippen LogP contribution in [0.25, 0.3) is 0 Å². The molecule has 100 valence electrons. The van der Waals surface area contributed by atoms with Gasteiger partial charge in [0.2, 0.25) is 0 Å². The molecule has 0 saturated carbocycles. The predicted octanol–water partition coefficient (Wildman–Crippen LogP) is 2.80. The van der Waals surface area contributed by atoms with E-state index in [9.17, 15) is 0 Å². The molecule has 1 fully saturated rings. The molecule has 2 rings (SSSR count). The number of rotatable bonds is 3. The Morgan fingerprint density at radius 2 is 2.28 bits per heavy atom. The van der Waals surface area contributed by atoms with Crippen LogP contribution in [0, 0.1) is 0 Å². The maximum Gasteiger partial charge on any atom is 0.0723 e. The first-order valence-corrected chi connectivity index (χ1v) is 6.90. The maximum absolute atomic E-state index is 6.03. The SMILES string of the molecule is CCC1COC(C)CN1c1ccc(Cl)cc1CN. The van der Waals surface area contributed by atoms with Crippen molar-refractivity contribution in [2.75, 3.05) is 18.1 Å². The van der Waals surface area contributed by atoms with Crippen LogP contribution in [-0.4, -0.2) is 25.3 Å². The lowest BCUT2D eigenvalue weighted by Crippen LogP contribution is -2.49. The fourth-order valence-corrected chi connectivity index (χ4v) is 2.67. The van der Waals surface area contributed by atoms with Crippen LogP contribution in [0.5, 0.6) is 0 Å². The number of nitrogens with zero attached hydrogens (tertiary/aromatic N) is 1. The summed E-state index contributed by atoms with van der Waals surface area (Å²) < 4.78 is 5.73. The minimum Gasteiger partial charge on any atom is -0.375 e. The summed E-state index contributed by atoms with van der Waals surface area (Å²) in [4.78, 5) is 2.41. The molecule has 0 aliphatic carbocycles. The Kier molecular flexibility index (Phi) is 4.49. The predicted molar refractivity (Wildman–Crippen MR) is 76.2 cm³/mol. The summed E-state index contributed by atoms with van der Waals surface area (Å²) in [5.74, 6) is 0. The number of ether oxygens (including phenoxy) is 1. The van der Waals surface area contributed by atoms with Crippen molar-refractivity contribution in [1.82, 2.24) is 0 Å². The van der Waals surface area contributed by atoms with Gasteiger partial charge < -0.3 is 15.4 Å². The van der Waals surface area contributed by atoms with Gasteiger partial charge >= 0.3 is 0 Å². The second kappa shape index (κ2) is 5.91. The third kappa shape index (κ3) is 2.79. The molecule has 0 aromatic heterocycles. The smallest absolute Gasteiger partial charge is 0.0723 e. The van der Waals surface area contributed by atoms with Gasteiger partial charge in [-0.3, -0.25) is 0 Å². The van der Waals surface area contributed by atoms with Crippen LogP contribution in [0.15, 0.2) is 18.2 Å². The van der Waals surface area contributed by atoms with Gasteiger partial charge in [0.05, 0.1) is 18.8 Å². The van der Waals surface area contributed by atoms with Gasteiger partial charge in [0.15, 0.2) is 0 Å². The number of anilines is 1. The summed E-state index contributed by atoms with van der Waals surface area (Å²) in [6.45, 7) is 6.50. The second-order valence-electron chi connectivity index (χ2n) is 4.84. The zero-order valence-electron chi connectivity index (χ0n) is 11.0. The minimum atomic E-state index is 0.258. The van der Waals surface area contributed by atoms with E-state index in [1.54, 1.807) is 0 Å². The van der Waals surface area contributed by atoms with Crippen LogP contribution in [0.1, 0.15) is 25.8 Å². The summed E-state index contributed by atoms with van der Waals surface area (Å²) in [7, 11) is 0. The highest BCUT2D eigenvalue weighted by Gasteiger charge is 2.26. The van der Waals surface area contributed by atoms with E-state index in [1.807, 2.05) is 12.1 Å². The first-order chi connectivity index (χ1) is 8.65. The van der Waals surface area contributed by atoms with Crippen LogP contribution in [0.2, 0.25) is 5.02 Å². The molecule has 1 heterocycles. The molecule has 1 aliphatic heterocycles. The topological polar surface area (TPSA) is 38.5 Å². The molecule has 2 unspecified atom stereocenters. The molecule has 1 saturated heterocycles. The monoisotopic (exact) mass is 268 g/mol. The van der Waals surface area contributed by atoms with Crippen molar-refractivity contribution in [3.8, 4) is 0 Å². The summed E-state index contributed by atoms with van der Waals surface area (Å²) >= 11 is 6.03. The summed E-state index contributed by atoms with van der Waals surface area (Å²) in [6, 6.07) is 6.39. The Labute approximate surface area is 114 Å². The van der Waals surface area contributed by atoms with Crippen molar-refractivity contribution >= 4 is 17.3 Å². The highest BCUT2D eigenvalue weighted by Crippen LogP contribution is 2.29. The van der Waals surface area contributed by atoms with Crippen LogP contribution in [-0.2, 0) is 11.3 Å². The molecule has 1 aromatic rings. The van der Waals surface area contributed by atoms with Crippen molar-refractivity contribution in [3.63, 3.8) is 0 Å². The lowest BCUT2D eigenvalue weighted by atomic mass is 10.1. The van der Waals surface area contributed by atoms with Gasteiger partial charge in [0.1, 0.15) is 0 Å². The molecule has 2 atom stereocenters. The normalized spacial score (nSPS) is 24.3. The highest BCUT2D eigenvalue weighted by molar-refractivity contribution is 6.30. The zero-order valence-corrected chi connectivity index (χ0v) is 11.8. The van der Waals surface area contributed by atoms with Gasteiger partial charge in [-0.1, -0.05) is 18.5 Å². The summed E-state index contributed by atoms with van der Waals surface area (Å²) in [5, 5.41) is 0.744. The van der Waals surface area contributed by atoms with E-state index in [0.717, 1.165) is 30.2 Å². The van der Waals surface area contributed by atoms with E-state index >= 15 is 0 Å². The van der Waals surface area contributed by atoms with E-state index in [2.05, 4.69) is 24.8 Å². The molecule has 3 nitrogen and oxygen atoms in total. The molecular weight excluding hydrogens is 248 g/mol. The van der Waals surface area contributed by atoms with E-state index in [0.29, 0.717) is 12.6 Å². The van der Waals surface area contributed by atoms with E-state index in [1.165, 1.54) is 5.69 Å². The maximum atomic E-state index is 6.03. The van der Waals surface area contributed by atoms with E-state index in [-0.39, 0.29) is 6.10 Å². The van der Waals surface area contributed by atoms with E-state index in [4.69, 9.17) is 22.1 Å². The Bertz CT molecular complexity index is 411. The van der Waals surface area contributed by atoms with Gasteiger partial charge in [-0.2, -0.15) is 0 Å². The number of morpholine rings is 1. The van der Waals surface area contributed by atoms with Gasteiger partial charge in [-0.25, -0.2) is 0 Å². The minimum absolute atomic E-state index is 0.258. The molecule has 1 aliphatic rings. The summed E-state index contributed by atoms with van der Waals surface area (Å²) in [5.41, 5.74) is 8.14. The number of nitrogens with two attached hydrogens (primary N) is 1. The van der Waals surface area contributed by atoms with E-state index < -0.39 is 0 Å². The molecule has 4 heteroatoms. The third-order valence-electron chi connectivity index (χ3n) is 3.51. The summed E-state index contributed by atoms with van der Waals surface area (Å²) in [6.07, 6.45) is 1.33. The van der Waals surface area contributed by atoms with Crippen molar-refractivity contribution in [2.45, 2.75) is 39.0 Å². The molecular formula is C14H21ClN2O. The van der Waals surface area contributed by atoms with Crippen LogP contribution in [0.4, 0.5) is 5.69 Å². The Hall–Kier alpha value is -0.770. The van der Waals surface area contributed by atoms with Crippen molar-refractivity contribution in [2.24, 2.45) is 5.73 Å². The Morgan fingerprint density at radius 1 is 1.50 bits per heavy atom. The Morgan fingerprint density at radius 3 is 2.94 bits per heavy atom. The van der Waals surface area contributed by atoms with Gasteiger partial charge in [-0.15, -0.1) is 0 Å². The van der Waals surface area contributed by atoms with Crippen LogP contribution >= 0.6 is 11.6 Å². The second-order valence-corrected chi connectivity index (χ2v) is 5.27. The largest absolute Gasteiger partial charge is 0.375 e. The number of hydrogen-bond donors (Lipinski definition) is 1. The Balaban J connectivity index is 2.32. The average Bonchev–Trinajstić information content (AvgIpc) is 2.38.